The summed E-state index contributed by atoms with van der Waals surface area (Å²) in [6.45, 7) is 5.17. The van der Waals surface area contributed by atoms with Crippen LogP contribution in [0.15, 0.2) is 84.1 Å². The molecule has 2 heterocycles. The molecule has 2 aliphatic rings. The predicted molar refractivity (Wildman–Crippen MR) is 170 cm³/mol. The van der Waals surface area contributed by atoms with Crippen LogP contribution in [-0.2, 0) is 0 Å². The van der Waals surface area contributed by atoms with Gasteiger partial charge in [-0.25, -0.2) is 14.5 Å². The van der Waals surface area contributed by atoms with E-state index in [0.717, 1.165) is 48.0 Å². The van der Waals surface area contributed by atoms with E-state index in [2.05, 4.69) is 68.1 Å². The minimum Gasteiger partial charge on any atom is -0.406 e. The number of nitrogens with zero attached hydrogens (tertiary/aromatic N) is 5. The number of alkyl halides is 3. The van der Waals surface area contributed by atoms with E-state index in [0.29, 0.717) is 23.3 Å². The number of urea groups is 1. The van der Waals surface area contributed by atoms with Crippen molar-refractivity contribution in [1.29, 1.82) is 0 Å². The monoisotopic (exact) mass is 634 g/mol. The predicted octanol–water partition coefficient (Wildman–Crippen LogP) is 7.91. The van der Waals surface area contributed by atoms with E-state index < -0.39 is 6.36 Å². The first-order chi connectivity index (χ1) is 21.6. The minimum atomic E-state index is -4.74. The average molecular weight is 635 g/mol. The number of anilines is 1. The molecule has 8 nitrogen and oxygen atoms in total. The molecule has 12 heteroatoms. The van der Waals surface area contributed by atoms with E-state index in [-0.39, 0.29) is 17.8 Å². The van der Waals surface area contributed by atoms with Crippen LogP contribution in [0.2, 0.25) is 0 Å². The van der Waals surface area contributed by atoms with Crippen molar-refractivity contribution in [3.05, 3.63) is 90.3 Å². The molecule has 3 aromatic carbocycles. The second-order valence-electron chi connectivity index (χ2n) is 11.4. The topological polar surface area (TPSA) is 84.6 Å². The molecule has 0 radical (unpaired) electrons. The van der Waals surface area contributed by atoms with Crippen molar-refractivity contribution >= 4 is 28.6 Å². The van der Waals surface area contributed by atoms with Gasteiger partial charge in [-0.2, -0.15) is 4.99 Å². The molecule has 2 fully saturated rings. The van der Waals surface area contributed by atoms with Gasteiger partial charge < -0.3 is 15.0 Å². The average Bonchev–Trinajstić information content (AvgIpc) is 3.79. The van der Waals surface area contributed by atoms with Gasteiger partial charge in [0.1, 0.15) is 12.1 Å². The summed E-state index contributed by atoms with van der Waals surface area (Å²) in [6.07, 6.45) is -0.542. The lowest BCUT2D eigenvalue weighted by Gasteiger charge is -2.23. The van der Waals surface area contributed by atoms with Crippen LogP contribution >= 0.6 is 11.8 Å². The van der Waals surface area contributed by atoms with Gasteiger partial charge in [0.05, 0.1) is 5.69 Å². The van der Waals surface area contributed by atoms with Gasteiger partial charge in [0.2, 0.25) is 0 Å². The molecule has 1 aromatic heterocycles. The molecule has 234 valence electrons. The van der Waals surface area contributed by atoms with Gasteiger partial charge in [-0.05, 0) is 72.6 Å². The van der Waals surface area contributed by atoms with Crippen molar-refractivity contribution in [3.63, 3.8) is 0 Å². The fourth-order valence-electron chi connectivity index (χ4n) is 5.87. The van der Waals surface area contributed by atoms with Gasteiger partial charge in [0, 0.05) is 29.6 Å². The summed E-state index contributed by atoms with van der Waals surface area (Å²) in [6, 6.07) is 21.6. The third kappa shape index (κ3) is 7.33. The summed E-state index contributed by atoms with van der Waals surface area (Å²) in [4.78, 5) is 24.0. The van der Waals surface area contributed by atoms with Crippen molar-refractivity contribution in [2.75, 3.05) is 17.2 Å². The molecule has 2 unspecified atom stereocenters. The van der Waals surface area contributed by atoms with Crippen LogP contribution in [0.3, 0.4) is 0 Å². The number of hydrogen-bond donors (Lipinski definition) is 1. The maximum absolute atomic E-state index is 13.0. The standard InChI is InChI=1S/C33H33F3N6O2S/c1-21(2)28-5-3-4-6-29(28)41-17-18-45-32(41)39-31(43)38-25-12-11-24(19-25)22-7-9-23(10-8-22)30-37-20-42(40-30)26-13-15-27(16-14-26)44-33(34,35)36/h3-10,13-16,20-21,24-25H,11-12,17-19H2,1-2H3,(H,38,43)/b39-32-. The van der Waals surface area contributed by atoms with E-state index in [1.54, 1.807) is 11.8 Å². The number of thioether (sulfide) groups is 1. The number of carbonyl (C=O) groups is 1. The number of rotatable bonds is 7. The summed E-state index contributed by atoms with van der Waals surface area (Å²) in [5.74, 6) is 1.78. The quantitative estimate of drug-likeness (QED) is 0.222. The first-order valence-electron chi connectivity index (χ1n) is 14.9. The minimum absolute atomic E-state index is 0.0552. The molecule has 1 aliphatic carbocycles. The first kappa shape index (κ1) is 30.7. The lowest BCUT2D eigenvalue weighted by atomic mass is 9.96. The van der Waals surface area contributed by atoms with Crippen molar-refractivity contribution in [2.24, 2.45) is 4.99 Å². The highest BCUT2D eigenvalue weighted by molar-refractivity contribution is 8.14. The molecule has 1 N–H and O–H groups in total. The number of carbonyl (C=O) groups excluding carboxylic acids is 1. The first-order valence-corrected chi connectivity index (χ1v) is 15.9. The Morgan fingerprint density at radius 3 is 2.53 bits per heavy atom. The van der Waals surface area contributed by atoms with Crippen molar-refractivity contribution in [2.45, 2.75) is 57.3 Å². The molecule has 4 aromatic rings. The molecule has 45 heavy (non-hydrogen) atoms. The Bertz CT molecular complexity index is 1670. The lowest BCUT2D eigenvalue weighted by molar-refractivity contribution is -0.274. The summed E-state index contributed by atoms with van der Waals surface area (Å²) >= 11 is 1.61. The number of aromatic nitrogens is 3. The fourth-order valence-corrected chi connectivity index (χ4v) is 6.82. The molecule has 6 rings (SSSR count). The van der Waals surface area contributed by atoms with E-state index >= 15 is 0 Å². The Morgan fingerprint density at radius 2 is 1.80 bits per heavy atom. The van der Waals surface area contributed by atoms with Gasteiger partial charge in [0.25, 0.3) is 0 Å². The van der Waals surface area contributed by atoms with E-state index in [9.17, 15) is 18.0 Å². The Morgan fingerprint density at radius 1 is 1.04 bits per heavy atom. The summed E-state index contributed by atoms with van der Waals surface area (Å²) in [7, 11) is 0. The van der Waals surface area contributed by atoms with Crippen molar-refractivity contribution < 1.29 is 22.7 Å². The van der Waals surface area contributed by atoms with E-state index in [4.69, 9.17) is 0 Å². The largest absolute Gasteiger partial charge is 0.573 e. The zero-order valence-corrected chi connectivity index (χ0v) is 25.7. The number of ether oxygens (including phenoxy) is 1. The number of amides is 2. The highest BCUT2D eigenvalue weighted by atomic mass is 32.2. The summed E-state index contributed by atoms with van der Waals surface area (Å²) in [5.41, 5.74) is 4.93. The van der Waals surface area contributed by atoms with Crippen molar-refractivity contribution in [1.82, 2.24) is 20.1 Å². The van der Waals surface area contributed by atoms with Gasteiger partial charge in [-0.3, -0.25) is 0 Å². The smallest absolute Gasteiger partial charge is 0.406 e. The van der Waals surface area contributed by atoms with Crippen LogP contribution in [0.1, 0.15) is 56.1 Å². The van der Waals surface area contributed by atoms with Gasteiger partial charge in [-0.15, -0.1) is 18.3 Å². The SMILES string of the molecule is CC(C)c1ccccc1N1CCS/C1=N\C(=O)NC1CCC(c2ccc(-c3ncn(-c4ccc(OC(F)(F)F)cc4)n3)cc2)C1. The Kier molecular flexibility index (Phi) is 8.84. The van der Waals surface area contributed by atoms with Crippen LogP contribution in [-0.4, -0.2) is 50.7 Å². The molecular weight excluding hydrogens is 601 g/mol. The third-order valence-electron chi connectivity index (χ3n) is 8.05. The molecule has 2 amide bonds. The van der Waals surface area contributed by atoms with Crippen LogP contribution in [0.25, 0.3) is 17.1 Å². The fraction of sp³-hybridized carbons (Fsp3) is 0.333. The third-order valence-corrected chi connectivity index (χ3v) is 9.01. The van der Waals surface area contributed by atoms with Crippen LogP contribution in [0.5, 0.6) is 5.75 Å². The maximum atomic E-state index is 13.0. The summed E-state index contributed by atoms with van der Waals surface area (Å²) < 4.78 is 42.7. The van der Waals surface area contributed by atoms with Gasteiger partial charge in [0.15, 0.2) is 11.0 Å². The summed E-state index contributed by atoms with van der Waals surface area (Å²) in [5, 5.41) is 8.36. The molecule has 1 saturated carbocycles. The highest BCUT2D eigenvalue weighted by Crippen LogP contribution is 2.36. The van der Waals surface area contributed by atoms with Crippen LogP contribution in [0, 0.1) is 0 Å². The molecule has 0 bridgehead atoms. The maximum Gasteiger partial charge on any atom is 0.573 e. The molecule has 1 aliphatic heterocycles. The number of halogens is 3. The molecule has 1 saturated heterocycles. The second kappa shape index (κ2) is 13.0. The Balaban J connectivity index is 1.05. The number of nitrogens with one attached hydrogen (secondary N) is 1. The lowest BCUT2D eigenvalue weighted by Crippen LogP contribution is -2.33. The highest BCUT2D eigenvalue weighted by Gasteiger charge is 2.31. The molecular formula is C33H33F3N6O2S. The van der Waals surface area contributed by atoms with Crippen LogP contribution < -0.4 is 15.0 Å². The van der Waals surface area contributed by atoms with E-state index in [1.165, 1.54) is 46.4 Å². The molecule has 0 spiro atoms. The number of benzene rings is 3. The van der Waals surface area contributed by atoms with Crippen molar-refractivity contribution in [3.8, 4) is 22.8 Å². The normalized spacial score (nSPS) is 19.4. The number of amidine groups is 1. The number of para-hydroxylation sites is 1. The zero-order chi connectivity index (χ0) is 31.6. The Labute approximate surface area is 263 Å². The van der Waals surface area contributed by atoms with Gasteiger partial charge >= 0.3 is 12.4 Å². The Hall–Kier alpha value is -4.32. The second-order valence-corrected chi connectivity index (χ2v) is 12.5. The molecule has 2 atom stereocenters. The number of hydrogen-bond acceptors (Lipinski definition) is 5. The van der Waals surface area contributed by atoms with Gasteiger partial charge in [-0.1, -0.05) is 68.1 Å². The van der Waals surface area contributed by atoms with Crippen LogP contribution in [0.4, 0.5) is 23.7 Å². The zero-order valence-electron chi connectivity index (χ0n) is 24.9. The number of aliphatic imine (C=N–C) groups is 1. The van der Waals surface area contributed by atoms with E-state index in [1.807, 2.05) is 24.3 Å².